The number of aromatic nitrogens is 2. The Labute approximate surface area is 248 Å². The highest BCUT2D eigenvalue weighted by molar-refractivity contribution is 7.80. The number of pyridine rings is 1. The number of nitrogens with zero attached hydrogens (tertiary/aromatic N) is 3. The van der Waals surface area contributed by atoms with E-state index in [1.54, 1.807) is 0 Å². The molecule has 1 aliphatic heterocycles. The van der Waals surface area contributed by atoms with Crippen LogP contribution in [0.5, 0.6) is 0 Å². The summed E-state index contributed by atoms with van der Waals surface area (Å²) in [7, 11) is 0. The lowest BCUT2D eigenvalue weighted by atomic mass is 9.96. The second kappa shape index (κ2) is 11.1. The molecule has 7 heteroatoms. The molecule has 0 bridgehead atoms. The van der Waals surface area contributed by atoms with Crippen molar-refractivity contribution in [3.8, 4) is 5.69 Å². The maximum Gasteiger partial charge on any atom is 0.226 e. The SMILES string of the molecule is Cc1cc(C)c(-n2c(C)cc([C@@H]3[C@H](c4ccccn4)NC(=S)N3c3ccc(NC(=O)C(C)C)c(C)c3)c2C)c(C)c1. The molecule has 0 radical (unpaired) electrons. The third kappa shape index (κ3) is 5.26. The molecule has 3 heterocycles. The molecule has 0 saturated carbocycles. The number of benzene rings is 2. The van der Waals surface area contributed by atoms with Gasteiger partial charge in [0.05, 0.1) is 23.5 Å². The van der Waals surface area contributed by atoms with E-state index in [1.165, 1.54) is 39.3 Å². The first-order valence-electron chi connectivity index (χ1n) is 14.2. The highest BCUT2D eigenvalue weighted by atomic mass is 32.1. The highest BCUT2D eigenvalue weighted by Crippen LogP contribution is 2.44. The Morgan fingerprint density at radius 2 is 1.66 bits per heavy atom. The van der Waals surface area contributed by atoms with E-state index in [2.05, 4.69) is 85.1 Å². The molecule has 1 fully saturated rings. The van der Waals surface area contributed by atoms with Gasteiger partial charge in [-0.3, -0.25) is 9.78 Å². The Bertz CT molecular complexity index is 1620. The van der Waals surface area contributed by atoms with Crippen LogP contribution >= 0.6 is 12.2 Å². The summed E-state index contributed by atoms with van der Waals surface area (Å²) < 4.78 is 2.38. The summed E-state index contributed by atoms with van der Waals surface area (Å²) in [6, 6.07) is 18.7. The minimum atomic E-state index is -0.140. The van der Waals surface area contributed by atoms with Crippen LogP contribution in [0.4, 0.5) is 11.4 Å². The second-order valence-electron chi connectivity index (χ2n) is 11.5. The molecule has 0 unspecified atom stereocenters. The average molecular weight is 566 g/mol. The number of thiocarbonyl (C=S) groups is 1. The van der Waals surface area contributed by atoms with Crippen LogP contribution in [0.2, 0.25) is 0 Å². The smallest absolute Gasteiger partial charge is 0.226 e. The summed E-state index contributed by atoms with van der Waals surface area (Å²) in [4.78, 5) is 19.3. The van der Waals surface area contributed by atoms with Crippen molar-refractivity contribution in [2.45, 2.75) is 67.5 Å². The Morgan fingerprint density at radius 3 is 2.27 bits per heavy atom. The van der Waals surface area contributed by atoms with Crippen molar-refractivity contribution < 1.29 is 4.79 Å². The monoisotopic (exact) mass is 565 g/mol. The average Bonchev–Trinajstić information content (AvgIpc) is 3.40. The van der Waals surface area contributed by atoms with Crippen LogP contribution in [-0.4, -0.2) is 20.6 Å². The fraction of sp³-hybridized carbons (Fsp3) is 0.324. The number of carbonyl (C=O) groups excluding carboxylic acids is 1. The van der Waals surface area contributed by atoms with E-state index in [9.17, 15) is 4.79 Å². The number of hydrogen-bond donors (Lipinski definition) is 2. The van der Waals surface area contributed by atoms with Crippen LogP contribution in [0.15, 0.2) is 60.8 Å². The number of nitrogens with one attached hydrogen (secondary N) is 2. The van der Waals surface area contributed by atoms with Crippen molar-refractivity contribution in [2.75, 3.05) is 10.2 Å². The molecule has 212 valence electrons. The van der Waals surface area contributed by atoms with Gasteiger partial charge in [-0.15, -0.1) is 0 Å². The molecule has 4 aromatic rings. The molecular formula is C34H39N5OS. The van der Waals surface area contributed by atoms with Crippen LogP contribution in [0.25, 0.3) is 5.69 Å². The van der Waals surface area contributed by atoms with E-state index in [0.717, 1.165) is 22.6 Å². The molecule has 2 aromatic carbocycles. The van der Waals surface area contributed by atoms with E-state index < -0.39 is 0 Å². The van der Waals surface area contributed by atoms with E-state index in [-0.39, 0.29) is 23.9 Å². The quantitative estimate of drug-likeness (QED) is 0.237. The van der Waals surface area contributed by atoms with E-state index >= 15 is 0 Å². The first-order chi connectivity index (χ1) is 19.5. The largest absolute Gasteiger partial charge is 0.351 e. The van der Waals surface area contributed by atoms with Gasteiger partial charge in [-0.1, -0.05) is 37.6 Å². The lowest BCUT2D eigenvalue weighted by Gasteiger charge is -2.29. The van der Waals surface area contributed by atoms with E-state index in [1.807, 2.05) is 51.2 Å². The van der Waals surface area contributed by atoms with Gasteiger partial charge in [0.1, 0.15) is 0 Å². The maximum absolute atomic E-state index is 12.4. The van der Waals surface area contributed by atoms with Crippen LogP contribution in [-0.2, 0) is 4.79 Å². The van der Waals surface area contributed by atoms with Gasteiger partial charge in [0, 0.05) is 34.9 Å². The zero-order valence-corrected chi connectivity index (χ0v) is 26.0. The van der Waals surface area contributed by atoms with Crippen molar-refractivity contribution in [3.63, 3.8) is 0 Å². The summed E-state index contributed by atoms with van der Waals surface area (Å²) in [5.41, 5.74) is 12.3. The number of aryl methyl sites for hydroxylation is 5. The van der Waals surface area contributed by atoms with Crippen molar-refractivity contribution >= 4 is 34.6 Å². The first-order valence-corrected chi connectivity index (χ1v) is 14.6. The van der Waals surface area contributed by atoms with Crippen molar-refractivity contribution in [2.24, 2.45) is 5.92 Å². The zero-order chi connectivity index (χ0) is 29.6. The Hall–Kier alpha value is -3.97. The van der Waals surface area contributed by atoms with Gasteiger partial charge in [-0.2, -0.15) is 0 Å². The molecule has 1 amide bonds. The lowest BCUT2D eigenvalue weighted by Crippen LogP contribution is -2.29. The van der Waals surface area contributed by atoms with Gasteiger partial charge < -0.3 is 20.1 Å². The summed E-state index contributed by atoms with van der Waals surface area (Å²) in [5, 5.41) is 7.29. The fourth-order valence-electron chi connectivity index (χ4n) is 6.12. The van der Waals surface area contributed by atoms with Crippen LogP contribution in [0, 0.1) is 47.5 Å². The van der Waals surface area contributed by atoms with Crippen molar-refractivity contribution in [3.05, 3.63) is 106 Å². The molecule has 1 saturated heterocycles. The molecule has 6 nitrogen and oxygen atoms in total. The molecule has 5 rings (SSSR count). The summed E-state index contributed by atoms with van der Waals surface area (Å²) >= 11 is 6.00. The first kappa shape index (κ1) is 28.6. The van der Waals surface area contributed by atoms with Crippen molar-refractivity contribution in [1.82, 2.24) is 14.9 Å². The van der Waals surface area contributed by atoms with Crippen LogP contribution in [0.1, 0.15) is 70.8 Å². The summed E-state index contributed by atoms with van der Waals surface area (Å²) in [5.74, 6) is -0.0922. The predicted octanol–water partition coefficient (Wildman–Crippen LogP) is 7.49. The number of rotatable bonds is 6. The number of carbonyl (C=O) groups is 1. The molecule has 1 aliphatic rings. The van der Waals surface area contributed by atoms with Gasteiger partial charge >= 0.3 is 0 Å². The third-order valence-corrected chi connectivity index (χ3v) is 8.33. The predicted molar refractivity (Wildman–Crippen MR) is 172 cm³/mol. The molecule has 2 atom stereocenters. The number of amides is 1. The second-order valence-corrected chi connectivity index (χ2v) is 11.9. The van der Waals surface area contributed by atoms with E-state index in [0.29, 0.717) is 5.11 Å². The molecular weight excluding hydrogens is 526 g/mol. The Balaban J connectivity index is 1.65. The molecule has 0 spiro atoms. The third-order valence-electron chi connectivity index (χ3n) is 8.02. The minimum Gasteiger partial charge on any atom is -0.351 e. The molecule has 2 aromatic heterocycles. The van der Waals surface area contributed by atoms with Gasteiger partial charge in [-0.05, 0) is 112 Å². The van der Waals surface area contributed by atoms with E-state index in [4.69, 9.17) is 17.2 Å². The lowest BCUT2D eigenvalue weighted by molar-refractivity contribution is -0.118. The van der Waals surface area contributed by atoms with Crippen LogP contribution < -0.4 is 15.5 Å². The van der Waals surface area contributed by atoms with Crippen LogP contribution in [0.3, 0.4) is 0 Å². The normalized spacial score (nSPS) is 16.8. The van der Waals surface area contributed by atoms with Gasteiger partial charge in [0.2, 0.25) is 5.91 Å². The van der Waals surface area contributed by atoms with Gasteiger partial charge in [0.15, 0.2) is 5.11 Å². The topological polar surface area (TPSA) is 62.2 Å². The van der Waals surface area contributed by atoms with Gasteiger partial charge in [-0.25, -0.2) is 0 Å². The summed E-state index contributed by atoms with van der Waals surface area (Å²) in [6.45, 7) is 16.7. The Morgan fingerprint density at radius 1 is 0.951 bits per heavy atom. The molecule has 0 aliphatic carbocycles. The standard InChI is InChI=1S/C34H39N5OS/c1-19(2)33(40)36-28-13-12-26(17-21(28)4)39-32(30(37-34(39)41)29-11-9-10-14-35-29)27-18-24(7)38(25(27)8)31-22(5)15-20(3)16-23(31)6/h9-19,30,32H,1-8H3,(H,36,40)(H,37,41)/t30-,32+/m0/s1. The zero-order valence-electron chi connectivity index (χ0n) is 25.2. The summed E-state index contributed by atoms with van der Waals surface area (Å²) in [6.07, 6.45) is 1.83. The number of hydrogen-bond acceptors (Lipinski definition) is 3. The number of anilines is 2. The molecule has 41 heavy (non-hydrogen) atoms. The fourth-order valence-corrected chi connectivity index (χ4v) is 6.47. The van der Waals surface area contributed by atoms with Crippen molar-refractivity contribution in [1.29, 1.82) is 0 Å². The minimum absolute atomic E-state index is 0.00133. The highest BCUT2D eigenvalue weighted by Gasteiger charge is 2.42. The molecule has 2 N–H and O–H groups in total. The maximum atomic E-state index is 12.4. The Kier molecular flexibility index (Phi) is 7.75. The van der Waals surface area contributed by atoms with Gasteiger partial charge in [0.25, 0.3) is 0 Å².